The monoisotopic (exact) mass is 143 g/mol. The van der Waals surface area contributed by atoms with E-state index in [0.717, 1.165) is 13.0 Å². The molecule has 1 aliphatic heterocycles. The first kappa shape index (κ1) is 8.02. The number of hydrogen-bond donors (Lipinski definition) is 1. The molecule has 0 amide bonds. The minimum Gasteiger partial charge on any atom is -0.391 e. The lowest BCUT2D eigenvalue weighted by atomic mass is 10.00. The molecule has 1 rings (SSSR count). The lowest BCUT2D eigenvalue weighted by molar-refractivity contribution is 0.0991. The number of rotatable bonds is 1. The van der Waals surface area contributed by atoms with E-state index in [4.69, 9.17) is 0 Å². The number of hydrogen-bond acceptors (Lipinski definition) is 2. The molecule has 0 aromatic carbocycles. The van der Waals surface area contributed by atoms with Crippen molar-refractivity contribution in [2.75, 3.05) is 13.6 Å². The Kier molecular flexibility index (Phi) is 2.32. The fourth-order valence-electron chi connectivity index (χ4n) is 1.90. The molecule has 0 aliphatic carbocycles. The largest absolute Gasteiger partial charge is 0.391 e. The van der Waals surface area contributed by atoms with Crippen LogP contribution in [-0.2, 0) is 0 Å². The Morgan fingerprint density at radius 1 is 1.50 bits per heavy atom. The Balaban J connectivity index is 2.54. The molecular weight excluding hydrogens is 126 g/mol. The van der Waals surface area contributed by atoms with Crippen LogP contribution in [0.2, 0.25) is 0 Å². The highest BCUT2D eigenvalue weighted by atomic mass is 16.3. The molecule has 0 aromatic heterocycles. The molecule has 1 N–H and O–H groups in total. The van der Waals surface area contributed by atoms with E-state index in [-0.39, 0.29) is 6.10 Å². The smallest absolute Gasteiger partial charge is 0.0709 e. The lowest BCUT2D eigenvalue weighted by Gasteiger charge is -2.25. The molecule has 10 heavy (non-hydrogen) atoms. The van der Waals surface area contributed by atoms with Crippen LogP contribution in [-0.4, -0.2) is 35.7 Å². The third-order valence-electron chi connectivity index (χ3n) is 2.36. The van der Waals surface area contributed by atoms with Gasteiger partial charge in [-0.25, -0.2) is 0 Å². The number of likely N-dealkylation sites (N-methyl/N-ethyl adjacent to an activating group) is 1. The summed E-state index contributed by atoms with van der Waals surface area (Å²) in [7, 11) is 2.08. The number of aliphatic hydroxyl groups is 1. The highest BCUT2D eigenvalue weighted by Gasteiger charge is 2.31. The molecule has 0 aromatic rings. The number of likely N-dealkylation sites (tertiary alicyclic amines) is 1. The zero-order valence-electron chi connectivity index (χ0n) is 7.04. The van der Waals surface area contributed by atoms with Crippen LogP contribution in [0.5, 0.6) is 0 Å². The van der Waals surface area contributed by atoms with Crippen LogP contribution < -0.4 is 0 Å². The van der Waals surface area contributed by atoms with Gasteiger partial charge < -0.3 is 10.0 Å². The SMILES string of the molecule is CC(C)[C@H]1C(O)CCN1C. The Bertz CT molecular complexity index is 104. The van der Waals surface area contributed by atoms with Gasteiger partial charge in [-0.2, -0.15) is 0 Å². The van der Waals surface area contributed by atoms with Gasteiger partial charge in [0.1, 0.15) is 0 Å². The summed E-state index contributed by atoms with van der Waals surface area (Å²) >= 11 is 0. The molecule has 0 bridgehead atoms. The second-order valence-corrected chi connectivity index (χ2v) is 3.57. The van der Waals surface area contributed by atoms with Gasteiger partial charge >= 0.3 is 0 Å². The average molecular weight is 143 g/mol. The summed E-state index contributed by atoms with van der Waals surface area (Å²) in [6.07, 6.45) is 0.851. The molecule has 1 fully saturated rings. The van der Waals surface area contributed by atoms with Gasteiger partial charge in [-0.05, 0) is 19.4 Å². The molecule has 2 nitrogen and oxygen atoms in total. The van der Waals surface area contributed by atoms with Gasteiger partial charge in [0.05, 0.1) is 6.10 Å². The highest BCUT2D eigenvalue weighted by Crippen LogP contribution is 2.21. The quantitative estimate of drug-likeness (QED) is 0.584. The highest BCUT2D eigenvalue weighted by molar-refractivity contribution is 4.86. The van der Waals surface area contributed by atoms with E-state index in [0.29, 0.717) is 12.0 Å². The van der Waals surface area contributed by atoms with Crippen LogP contribution in [0.3, 0.4) is 0 Å². The number of aliphatic hydroxyl groups excluding tert-OH is 1. The Labute approximate surface area is 62.8 Å². The van der Waals surface area contributed by atoms with Crippen molar-refractivity contribution in [2.24, 2.45) is 5.92 Å². The molecule has 2 atom stereocenters. The van der Waals surface area contributed by atoms with E-state index in [1.165, 1.54) is 0 Å². The summed E-state index contributed by atoms with van der Waals surface area (Å²) in [5.41, 5.74) is 0. The summed E-state index contributed by atoms with van der Waals surface area (Å²) < 4.78 is 0. The van der Waals surface area contributed by atoms with E-state index < -0.39 is 0 Å². The van der Waals surface area contributed by atoms with Crippen molar-refractivity contribution < 1.29 is 5.11 Å². The summed E-state index contributed by atoms with van der Waals surface area (Å²) in [5.74, 6) is 0.572. The third kappa shape index (κ3) is 1.32. The molecule has 2 heteroatoms. The first-order valence-corrected chi connectivity index (χ1v) is 4.01. The average Bonchev–Trinajstić information content (AvgIpc) is 2.11. The topological polar surface area (TPSA) is 23.5 Å². The van der Waals surface area contributed by atoms with Gasteiger partial charge in [-0.3, -0.25) is 0 Å². The molecule has 1 unspecified atom stereocenters. The van der Waals surface area contributed by atoms with Crippen LogP contribution in [0.25, 0.3) is 0 Å². The van der Waals surface area contributed by atoms with E-state index in [2.05, 4.69) is 25.8 Å². The van der Waals surface area contributed by atoms with Gasteiger partial charge in [-0.15, -0.1) is 0 Å². The molecule has 0 saturated carbocycles. The maximum atomic E-state index is 9.49. The molecule has 1 aliphatic rings. The van der Waals surface area contributed by atoms with Crippen molar-refractivity contribution >= 4 is 0 Å². The summed E-state index contributed by atoms with van der Waals surface area (Å²) in [6, 6.07) is 0.389. The van der Waals surface area contributed by atoms with E-state index in [9.17, 15) is 5.11 Å². The molecule has 0 spiro atoms. The van der Waals surface area contributed by atoms with Crippen LogP contribution >= 0.6 is 0 Å². The fourth-order valence-corrected chi connectivity index (χ4v) is 1.90. The van der Waals surface area contributed by atoms with E-state index in [1.54, 1.807) is 0 Å². The second kappa shape index (κ2) is 2.89. The van der Waals surface area contributed by atoms with Gasteiger partial charge in [0.2, 0.25) is 0 Å². The van der Waals surface area contributed by atoms with Crippen molar-refractivity contribution in [3.05, 3.63) is 0 Å². The van der Waals surface area contributed by atoms with Crippen molar-refractivity contribution in [3.63, 3.8) is 0 Å². The molecule has 60 valence electrons. The molecule has 1 heterocycles. The minimum absolute atomic E-state index is 0.0926. The van der Waals surface area contributed by atoms with Crippen LogP contribution in [0.4, 0.5) is 0 Å². The van der Waals surface area contributed by atoms with Gasteiger partial charge in [0.25, 0.3) is 0 Å². The van der Waals surface area contributed by atoms with E-state index >= 15 is 0 Å². The van der Waals surface area contributed by atoms with Crippen molar-refractivity contribution in [1.29, 1.82) is 0 Å². The number of nitrogens with zero attached hydrogens (tertiary/aromatic N) is 1. The lowest BCUT2D eigenvalue weighted by Crippen LogP contribution is -2.36. The third-order valence-corrected chi connectivity index (χ3v) is 2.36. The zero-order valence-corrected chi connectivity index (χ0v) is 7.04. The van der Waals surface area contributed by atoms with Gasteiger partial charge in [0.15, 0.2) is 0 Å². The summed E-state index contributed by atoms with van der Waals surface area (Å²) in [4.78, 5) is 2.25. The van der Waals surface area contributed by atoms with Crippen LogP contribution in [0, 0.1) is 5.92 Å². The second-order valence-electron chi connectivity index (χ2n) is 3.57. The first-order valence-electron chi connectivity index (χ1n) is 4.01. The van der Waals surface area contributed by atoms with Crippen molar-refractivity contribution in [1.82, 2.24) is 4.90 Å². The van der Waals surface area contributed by atoms with Crippen molar-refractivity contribution in [2.45, 2.75) is 32.4 Å². The summed E-state index contributed by atoms with van der Waals surface area (Å²) in [5, 5.41) is 9.49. The summed E-state index contributed by atoms with van der Waals surface area (Å²) in [6.45, 7) is 5.37. The standard InChI is InChI=1S/C8H17NO/c1-6(2)8-7(10)4-5-9(8)3/h6-8,10H,4-5H2,1-3H3/t7?,8-/m0/s1. The predicted molar refractivity (Wildman–Crippen MR) is 41.9 cm³/mol. The molecule has 1 saturated heterocycles. The van der Waals surface area contributed by atoms with Crippen LogP contribution in [0.15, 0.2) is 0 Å². The maximum Gasteiger partial charge on any atom is 0.0709 e. The van der Waals surface area contributed by atoms with Crippen molar-refractivity contribution in [3.8, 4) is 0 Å². The Morgan fingerprint density at radius 3 is 2.30 bits per heavy atom. The minimum atomic E-state index is -0.0926. The fraction of sp³-hybridized carbons (Fsp3) is 1.00. The predicted octanol–water partition coefficient (Wildman–Crippen LogP) is 0.707. The Hall–Kier alpha value is -0.0800. The molecular formula is C8H17NO. The maximum absolute atomic E-state index is 9.49. The van der Waals surface area contributed by atoms with Gasteiger partial charge in [-0.1, -0.05) is 13.8 Å². The Morgan fingerprint density at radius 2 is 2.10 bits per heavy atom. The van der Waals surface area contributed by atoms with Gasteiger partial charge in [0, 0.05) is 12.6 Å². The molecule has 0 radical (unpaired) electrons. The first-order chi connectivity index (χ1) is 4.63. The van der Waals surface area contributed by atoms with Crippen LogP contribution in [0.1, 0.15) is 20.3 Å². The van der Waals surface area contributed by atoms with E-state index in [1.807, 2.05) is 0 Å². The zero-order chi connectivity index (χ0) is 7.72. The normalized spacial score (nSPS) is 35.7.